The van der Waals surface area contributed by atoms with Crippen LogP contribution in [-0.4, -0.2) is 49.3 Å². The topological polar surface area (TPSA) is 95.9 Å². The van der Waals surface area contributed by atoms with Crippen molar-refractivity contribution in [3.63, 3.8) is 0 Å². The van der Waals surface area contributed by atoms with Gasteiger partial charge in [-0.1, -0.05) is 30.3 Å². The number of anilines is 1. The molecule has 2 aromatic heterocycles. The van der Waals surface area contributed by atoms with Gasteiger partial charge in [0.05, 0.1) is 27.4 Å². The van der Waals surface area contributed by atoms with Crippen molar-refractivity contribution in [2.45, 2.75) is 6.54 Å². The summed E-state index contributed by atoms with van der Waals surface area (Å²) in [7, 11) is 6.08. The van der Waals surface area contributed by atoms with Gasteiger partial charge in [0.25, 0.3) is 0 Å². The Morgan fingerprint density at radius 1 is 0.933 bits per heavy atom. The summed E-state index contributed by atoms with van der Waals surface area (Å²) in [6.45, 7) is 0.616. The quantitative estimate of drug-likeness (QED) is 0.519. The van der Waals surface area contributed by atoms with Crippen LogP contribution in [0.25, 0.3) is 0 Å². The number of nitrogens with zero attached hydrogens (tertiary/aromatic N) is 4. The van der Waals surface area contributed by atoms with Crippen LogP contribution in [0.4, 0.5) is 5.82 Å². The van der Waals surface area contributed by atoms with Crippen LogP contribution in [0.15, 0.2) is 48.5 Å². The Labute approximate surface area is 174 Å². The first-order valence-corrected chi connectivity index (χ1v) is 9.03. The second kappa shape index (κ2) is 9.55. The number of hydrogen-bond donors (Lipinski definition) is 0. The maximum Gasteiger partial charge on any atom is 0.360 e. The van der Waals surface area contributed by atoms with Crippen LogP contribution in [0.5, 0.6) is 23.5 Å². The Bertz CT molecular complexity index is 991. The highest BCUT2D eigenvalue weighted by molar-refractivity contribution is 5.90. The summed E-state index contributed by atoms with van der Waals surface area (Å²) in [5.74, 6) is 0.590. The summed E-state index contributed by atoms with van der Waals surface area (Å²) in [6, 6.07) is 14.7. The molecule has 0 atom stereocenters. The second-order valence-electron chi connectivity index (χ2n) is 6.19. The van der Waals surface area contributed by atoms with E-state index in [0.29, 0.717) is 12.4 Å². The standard InChI is InChI=1S/C21H22N4O5/c1-25(13-14-8-6-5-7-9-14)16-11-10-15(19(22-16)20(26)29-4)30-21-23-17(27-2)12-18(24-21)28-3/h5-12H,13H2,1-4H3. The predicted octanol–water partition coefficient (Wildman–Crippen LogP) is 3.10. The zero-order valence-electron chi connectivity index (χ0n) is 17.2. The number of hydrogen-bond acceptors (Lipinski definition) is 9. The van der Waals surface area contributed by atoms with E-state index in [0.717, 1.165) is 5.56 Å². The molecule has 9 nitrogen and oxygen atoms in total. The molecular formula is C21H22N4O5. The van der Waals surface area contributed by atoms with Gasteiger partial charge >= 0.3 is 12.0 Å². The average molecular weight is 410 g/mol. The van der Waals surface area contributed by atoms with Gasteiger partial charge in [0.2, 0.25) is 11.8 Å². The summed E-state index contributed by atoms with van der Waals surface area (Å²) < 4.78 is 20.8. The number of benzene rings is 1. The molecule has 0 saturated heterocycles. The van der Waals surface area contributed by atoms with Crippen LogP contribution in [0.3, 0.4) is 0 Å². The van der Waals surface area contributed by atoms with E-state index in [-0.39, 0.29) is 29.2 Å². The van der Waals surface area contributed by atoms with Crippen LogP contribution in [-0.2, 0) is 11.3 Å². The molecule has 3 aromatic rings. The smallest absolute Gasteiger partial charge is 0.360 e. The molecule has 0 amide bonds. The van der Waals surface area contributed by atoms with E-state index < -0.39 is 5.97 Å². The maximum atomic E-state index is 12.3. The Hall–Kier alpha value is -3.88. The number of carbonyl (C=O) groups excluding carboxylic acids is 1. The minimum Gasteiger partial charge on any atom is -0.481 e. The molecule has 0 N–H and O–H groups in total. The molecule has 0 fully saturated rings. The molecule has 3 rings (SSSR count). The van der Waals surface area contributed by atoms with Gasteiger partial charge in [0.1, 0.15) is 5.82 Å². The molecule has 0 radical (unpaired) electrons. The first-order chi connectivity index (χ1) is 14.5. The Morgan fingerprint density at radius 2 is 1.60 bits per heavy atom. The lowest BCUT2D eigenvalue weighted by atomic mass is 10.2. The molecule has 9 heteroatoms. The molecular weight excluding hydrogens is 388 g/mol. The lowest BCUT2D eigenvalue weighted by molar-refractivity contribution is 0.0591. The summed E-state index contributed by atoms with van der Waals surface area (Å²) in [5, 5.41) is 0. The molecule has 0 spiro atoms. The molecule has 30 heavy (non-hydrogen) atoms. The zero-order chi connectivity index (χ0) is 21.5. The van der Waals surface area contributed by atoms with Crippen molar-refractivity contribution in [2.75, 3.05) is 33.3 Å². The van der Waals surface area contributed by atoms with E-state index >= 15 is 0 Å². The van der Waals surface area contributed by atoms with Crippen LogP contribution >= 0.6 is 0 Å². The molecule has 0 aliphatic heterocycles. The van der Waals surface area contributed by atoms with Crippen LogP contribution in [0.1, 0.15) is 16.1 Å². The SMILES string of the molecule is COC(=O)c1nc(N(C)Cc2ccccc2)ccc1Oc1nc(OC)cc(OC)n1. The van der Waals surface area contributed by atoms with Gasteiger partial charge in [-0.15, -0.1) is 0 Å². The third-order valence-corrected chi connectivity index (χ3v) is 4.15. The van der Waals surface area contributed by atoms with E-state index in [2.05, 4.69) is 15.0 Å². The van der Waals surface area contributed by atoms with Crippen molar-refractivity contribution in [2.24, 2.45) is 0 Å². The first kappa shape index (κ1) is 20.8. The summed E-state index contributed by atoms with van der Waals surface area (Å²) in [4.78, 5) is 26.9. The van der Waals surface area contributed by atoms with Crippen LogP contribution < -0.4 is 19.1 Å². The lowest BCUT2D eigenvalue weighted by Gasteiger charge is -2.19. The fourth-order valence-electron chi connectivity index (χ4n) is 2.65. The molecule has 0 saturated carbocycles. The average Bonchev–Trinajstić information content (AvgIpc) is 2.79. The van der Waals surface area contributed by atoms with Gasteiger partial charge in [-0.25, -0.2) is 9.78 Å². The number of pyridine rings is 1. The molecule has 0 aliphatic rings. The molecule has 1 aromatic carbocycles. The van der Waals surface area contributed by atoms with Crippen molar-refractivity contribution in [1.82, 2.24) is 15.0 Å². The summed E-state index contributed by atoms with van der Waals surface area (Å²) in [6.07, 6.45) is 0. The van der Waals surface area contributed by atoms with Crippen LogP contribution in [0, 0.1) is 0 Å². The fraction of sp³-hybridized carbons (Fsp3) is 0.238. The molecule has 156 valence electrons. The highest BCUT2D eigenvalue weighted by Crippen LogP contribution is 2.28. The highest BCUT2D eigenvalue weighted by atomic mass is 16.5. The first-order valence-electron chi connectivity index (χ1n) is 9.03. The molecule has 2 heterocycles. The van der Waals surface area contributed by atoms with E-state index in [4.69, 9.17) is 18.9 Å². The third-order valence-electron chi connectivity index (χ3n) is 4.15. The van der Waals surface area contributed by atoms with Gasteiger partial charge < -0.3 is 23.8 Å². The van der Waals surface area contributed by atoms with Crippen molar-refractivity contribution in [3.8, 4) is 23.5 Å². The number of ether oxygens (including phenoxy) is 4. The molecule has 0 aliphatic carbocycles. The largest absolute Gasteiger partial charge is 0.481 e. The molecule has 0 bridgehead atoms. The minimum atomic E-state index is -0.644. The zero-order valence-corrected chi connectivity index (χ0v) is 17.2. The van der Waals surface area contributed by atoms with Gasteiger partial charge in [-0.2, -0.15) is 9.97 Å². The van der Waals surface area contributed by atoms with E-state index in [1.54, 1.807) is 12.1 Å². The van der Waals surface area contributed by atoms with Crippen molar-refractivity contribution >= 4 is 11.8 Å². The maximum absolute atomic E-state index is 12.3. The normalized spacial score (nSPS) is 10.3. The summed E-state index contributed by atoms with van der Waals surface area (Å²) >= 11 is 0. The number of carbonyl (C=O) groups is 1. The highest BCUT2D eigenvalue weighted by Gasteiger charge is 2.20. The monoisotopic (exact) mass is 410 g/mol. The second-order valence-corrected chi connectivity index (χ2v) is 6.19. The van der Waals surface area contributed by atoms with Crippen molar-refractivity contribution in [3.05, 3.63) is 59.8 Å². The van der Waals surface area contributed by atoms with Crippen molar-refractivity contribution in [1.29, 1.82) is 0 Å². The number of methoxy groups -OCH3 is 3. The van der Waals surface area contributed by atoms with Gasteiger partial charge in [-0.05, 0) is 17.7 Å². The van der Waals surface area contributed by atoms with E-state index in [1.165, 1.54) is 27.4 Å². The van der Waals surface area contributed by atoms with Crippen molar-refractivity contribution < 1.29 is 23.7 Å². The number of aromatic nitrogens is 3. The fourth-order valence-corrected chi connectivity index (χ4v) is 2.65. The van der Waals surface area contributed by atoms with Gasteiger partial charge in [0, 0.05) is 13.6 Å². The number of esters is 1. The van der Waals surface area contributed by atoms with Gasteiger partial charge in [0.15, 0.2) is 11.4 Å². The third kappa shape index (κ3) is 4.93. The predicted molar refractivity (Wildman–Crippen MR) is 109 cm³/mol. The van der Waals surface area contributed by atoms with Crippen LogP contribution in [0.2, 0.25) is 0 Å². The number of rotatable bonds is 8. The van der Waals surface area contributed by atoms with E-state index in [9.17, 15) is 4.79 Å². The molecule has 0 unspecified atom stereocenters. The Balaban J connectivity index is 1.91. The summed E-state index contributed by atoms with van der Waals surface area (Å²) in [5.41, 5.74) is 1.11. The minimum absolute atomic E-state index is 0.000276. The van der Waals surface area contributed by atoms with E-state index in [1.807, 2.05) is 42.3 Å². The Morgan fingerprint density at radius 3 is 2.20 bits per heavy atom. The Kier molecular flexibility index (Phi) is 6.63. The lowest BCUT2D eigenvalue weighted by Crippen LogP contribution is -2.19. The van der Waals surface area contributed by atoms with Gasteiger partial charge in [-0.3, -0.25) is 0 Å².